The van der Waals surface area contributed by atoms with Gasteiger partial charge in [-0.15, -0.1) is 11.3 Å². The molecule has 0 spiro atoms. The van der Waals surface area contributed by atoms with Crippen molar-refractivity contribution in [3.8, 4) is 11.3 Å². The van der Waals surface area contributed by atoms with Gasteiger partial charge >= 0.3 is 0 Å². The Morgan fingerprint density at radius 2 is 2.00 bits per heavy atom. The van der Waals surface area contributed by atoms with Crippen LogP contribution in [0.4, 0.5) is 15.5 Å². The SMILES string of the molecule is Cc1cc(-c2csc(Nc3ncccn3)n2)ccc1F. The summed E-state index contributed by atoms with van der Waals surface area (Å²) < 4.78 is 13.3. The maximum Gasteiger partial charge on any atom is 0.228 e. The minimum absolute atomic E-state index is 0.208. The Morgan fingerprint density at radius 1 is 1.20 bits per heavy atom. The van der Waals surface area contributed by atoms with E-state index >= 15 is 0 Å². The lowest BCUT2D eigenvalue weighted by Gasteiger charge is -2.00. The number of hydrogen-bond donors (Lipinski definition) is 1. The normalized spacial score (nSPS) is 10.5. The van der Waals surface area contributed by atoms with Gasteiger partial charge in [-0.2, -0.15) is 0 Å². The Kier molecular flexibility index (Phi) is 3.39. The molecule has 0 radical (unpaired) electrons. The molecule has 3 rings (SSSR count). The smallest absolute Gasteiger partial charge is 0.228 e. The molecule has 0 atom stereocenters. The summed E-state index contributed by atoms with van der Waals surface area (Å²) in [5.41, 5.74) is 2.30. The second-order valence-electron chi connectivity index (χ2n) is 4.20. The van der Waals surface area contributed by atoms with Crippen LogP contribution in [0.2, 0.25) is 0 Å². The summed E-state index contributed by atoms with van der Waals surface area (Å²) in [4.78, 5) is 12.6. The van der Waals surface area contributed by atoms with E-state index in [-0.39, 0.29) is 5.82 Å². The van der Waals surface area contributed by atoms with Crippen molar-refractivity contribution >= 4 is 22.4 Å². The second-order valence-corrected chi connectivity index (χ2v) is 5.06. The number of hydrogen-bond acceptors (Lipinski definition) is 5. The quantitative estimate of drug-likeness (QED) is 0.796. The zero-order chi connectivity index (χ0) is 13.9. The maximum atomic E-state index is 13.3. The van der Waals surface area contributed by atoms with Crippen molar-refractivity contribution in [3.63, 3.8) is 0 Å². The topological polar surface area (TPSA) is 50.7 Å². The van der Waals surface area contributed by atoms with Crippen LogP contribution in [0.25, 0.3) is 11.3 Å². The van der Waals surface area contributed by atoms with E-state index in [1.807, 2.05) is 5.38 Å². The minimum Gasteiger partial charge on any atom is -0.300 e. The Balaban J connectivity index is 1.84. The van der Waals surface area contributed by atoms with Crippen LogP contribution in [-0.4, -0.2) is 15.0 Å². The monoisotopic (exact) mass is 286 g/mol. The lowest BCUT2D eigenvalue weighted by molar-refractivity contribution is 0.619. The molecule has 1 N–H and O–H groups in total. The van der Waals surface area contributed by atoms with Gasteiger partial charge in [-0.25, -0.2) is 19.3 Å². The summed E-state index contributed by atoms with van der Waals surface area (Å²) in [7, 11) is 0. The fourth-order valence-electron chi connectivity index (χ4n) is 1.73. The first kappa shape index (κ1) is 12.7. The van der Waals surface area contributed by atoms with E-state index in [1.165, 1.54) is 17.4 Å². The lowest BCUT2D eigenvalue weighted by Crippen LogP contribution is -1.94. The molecular weight excluding hydrogens is 275 g/mol. The van der Waals surface area contributed by atoms with Gasteiger partial charge in [-0.05, 0) is 36.8 Å². The highest BCUT2D eigenvalue weighted by molar-refractivity contribution is 7.14. The number of anilines is 2. The third-order valence-electron chi connectivity index (χ3n) is 2.74. The molecule has 6 heteroatoms. The van der Waals surface area contributed by atoms with Crippen molar-refractivity contribution in [2.75, 3.05) is 5.32 Å². The highest BCUT2D eigenvalue weighted by Gasteiger charge is 2.07. The van der Waals surface area contributed by atoms with Crippen molar-refractivity contribution in [2.24, 2.45) is 0 Å². The molecule has 20 heavy (non-hydrogen) atoms. The van der Waals surface area contributed by atoms with Crippen LogP contribution in [0.1, 0.15) is 5.56 Å². The fourth-order valence-corrected chi connectivity index (χ4v) is 2.44. The van der Waals surface area contributed by atoms with Crippen molar-refractivity contribution in [3.05, 3.63) is 53.4 Å². The molecule has 0 aliphatic carbocycles. The van der Waals surface area contributed by atoms with Crippen LogP contribution in [0.5, 0.6) is 0 Å². The Hall–Kier alpha value is -2.34. The molecule has 0 unspecified atom stereocenters. The van der Waals surface area contributed by atoms with Crippen molar-refractivity contribution < 1.29 is 4.39 Å². The molecule has 2 heterocycles. The largest absolute Gasteiger partial charge is 0.300 e. The summed E-state index contributed by atoms with van der Waals surface area (Å²) in [5.74, 6) is 0.295. The van der Waals surface area contributed by atoms with E-state index in [9.17, 15) is 4.39 Å². The van der Waals surface area contributed by atoms with Gasteiger partial charge in [0.2, 0.25) is 5.95 Å². The summed E-state index contributed by atoms with van der Waals surface area (Å²) in [6.07, 6.45) is 3.32. The average molecular weight is 286 g/mol. The molecule has 0 fully saturated rings. The van der Waals surface area contributed by atoms with Crippen LogP contribution < -0.4 is 5.32 Å². The van der Waals surface area contributed by atoms with Crippen LogP contribution in [-0.2, 0) is 0 Å². The van der Waals surface area contributed by atoms with Gasteiger partial charge in [0.25, 0.3) is 0 Å². The molecule has 0 saturated heterocycles. The average Bonchev–Trinajstić information content (AvgIpc) is 2.91. The van der Waals surface area contributed by atoms with Crippen molar-refractivity contribution in [2.45, 2.75) is 6.92 Å². The molecule has 0 aliphatic heterocycles. The van der Waals surface area contributed by atoms with E-state index in [4.69, 9.17) is 0 Å². The Labute approximate surface area is 119 Å². The zero-order valence-corrected chi connectivity index (χ0v) is 11.5. The van der Waals surface area contributed by atoms with Gasteiger partial charge in [-0.1, -0.05) is 0 Å². The van der Waals surface area contributed by atoms with Crippen LogP contribution in [0.15, 0.2) is 42.0 Å². The molecule has 2 aromatic heterocycles. The summed E-state index contributed by atoms with van der Waals surface area (Å²) in [6, 6.07) is 6.71. The van der Waals surface area contributed by atoms with Crippen LogP contribution in [0, 0.1) is 12.7 Å². The number of aryl methyl sites for hydroxylation is 1. The predicted molar refractivity (Wildman–Crippen MR) is 77.6 cm³/mol. The number of nitrogens with zero attached hydrogens (tertiary/aromatic N) is 3. The van der Waals surface area contributed by atoms with Crippen molar-refractivity contribution in [1.29, 1.82) is 0 Å². The minimum atomic E-state index is -0.208. The molecule has 3 aromatic rings. The van der Waals surface area contributed by atoms with E-state index in [1.54, 1.807) is 37.5 Å². The third-order valence-corrected chi connectivity index (χ3v) is 3.50. The summed E-state index contributed by atoms with van der Waals surface area (Å²) in [5, 5.41) is 5.65. The standard InChI is InChI=1S/C14H11FN4S/c1-9-7-10(3-4-11(9)15)12-8-20-14(18-12)19-13-16-5-2-6-17-13/h2-8H,1H3,(H,16,17,18,19). The van der Waals surface area contributed by atoms with Gasteiger partial charge < -0.3 is 5.32 Å². The predicted octanol–water partition coefficient (Wildman–Crippen LogP) is 3.79. The van der Waals surface area contributed by atoms with Gasteiger partial charge in [0, 0.05) is 23.3 Å². The Morgan fingerprint density at radius 3 is 2.75 bits per heavy atom. The lowest BCUT2D eigenvalue weighted by atomic mass is 10.1. The molecule has 1 aromatic carbocycles. The first-order valence-corrected chi connectivity index (χ1v) is 6.86. The third kappa shape index (κ3) is 2.65. The van der Waals surface area contributed by atoms with E-state index < -0.39 is 0 Å². The number of nitrogens with one attached hydrogen (secondary N) is 1. The van der Waals surface area contributed by atoms with Gasteiger partial charge in [0.1, 0.15) is 5.82 Å². The van der Waals surface area contributed by atoms with Gasteiger partial charge in [-0.3, -0.25) is 0 Å². The number of aromatic nitrogens is 3. The van der Waals surface area contributed by atoms with Crippen LogP contribution in [0.3, 0.4) is 0 Å². The fraction of sp³-hybridized carbons (Fsp3) is 0.0714. The maximum absolute atomic E-state index is 13.3. The van der Waals surface area contributed by atoms with Gasteiger partial charge in [0.05, 0.1) is 5.69 Å². The number of thiazole rings is 1. The molecule has 0 bridgehead atoms. The molecular formula is C14H11FN4S. The zero-order valence-electron chi connectivity index (χ0n) is 10.7. The second kappa shape index (κ2) is 5.34. The van der Waals surface area contributed by atoms with E-state index in [2.05, 4.69) is 20.3 Å². The first-order valence-electron chi connectivity index (χ1n) is 5.98. The van der Waals surface area contributed by atoms with Gasteiger partial charge in [0.15, 0.2) is 5.13 Å². The molecule has 4 nitrogen and oxygen atoms in total. The molecule has 0 saturated carbocycles. The number of rotatable bonds is 3. The number of halogens is 1. The highest BCUT2D eigenvalue weighted by Crippen LogP contribution is 2.27. The summed E-state index contributed by atoms with van der Waals surface area (Å²) >= 11 is 1.45. The molecule has 100 valence electrons. The Bertz CT molecular complexity index is 727. The molecule has 0 aliphatic rings. The number of benzene rings is 1. The summed E-state index contributed by atoms with van der Waals surface area (Å²) in [6.45, 7) is 1.74. The highest BCUT2D eigenvalue weighted by atomic mass is 32.1. The van der Waals surface area contributed by atoms with Crippen molar-refractivity contribution in [1.82, 2.24) is 15.0 Å². The van der Waals surface area contributed by atoms with Crippen LogP contribution >= 0.6 is 11.3 Å². The van der Waals surface area contributed by atoms with E-state index in [0.717, 1.165) is 11.3 Å². The molecule has 0 amide bonds. The first-order chi connectivity index (χ1) is 9.72. The van der Waals surface area contributed by atoms with E-state index in [0.29, 0.717) is 16.6 Å².